The maximum atomic E-state index is 13.6. The van der Waals surface area contributed by atoms with E-state index in [4.69, 9.17) is 17.0 Å². The van der Waals surface area contributed by atoms with Gasteiger partial charge in [-0.05, 0) is 43.0 Å². The summed E-state index contributed by atoms with van der Waals surface area (Å²) in [6.07, 6.45) is -0.507. The molecule has 0 aliphatic heterocycles. The number of rotatable bonds is 12. The van der Waals surface area contributed by atoms with Gasteiger partial charge in [-0.2, -0.15) is 0 Å². The Morgan fingerprint density at radius 3 is 1.88 bits per heavy atom. The van der Waals surface area contributed by atoms with E-state index in [-0.39, 0.29) is 24.9 Å². The predicted octanol–water partition coefficient (Wildman–Crippen LogP) is 5.02. The number of carbonyl (C=O) groups excluding carboxylic acids is 3. The van der Waals surface area contributed by atoms with Gasteiger partial charge < -0.3 is 25.6 Å². The number of anilines is 1. The number of likely N-dealkylation sites (N-methyl/N-ethyl adjacent to an activating group) is 1. The minimum Gasteiger partial charge on any atom is -0.445 e. The van der Waals surface area contributed by atoms with E-state index in [9.17, 15) is 14.4 Å². The van der Waals surface area contributed by atoms with Crippen LogP contribution >= 0.6 is 12.2 Å². The lowest BCUT2D eigenvalue weighted by Gasteiger charge is -2.35. The first kappa shape index (κ1) is 32.3. The van der Waals surface area contributed by atoms with Crippen molar-refractivity contribution in [1.29, 1.82) is 0 Å². The summed E-state index contributed by atoms with van der Waals surface area (Å²) in [6, 6.07) is 26.4. The number of para-hydroxylation sites is 1. The second-order valence-corrected chi connectivity index (χ2v) is 11.4. The average molecular weight is 589 g/mol. The Kier molecular flexibility index (Phi) is 11.6. The molecule has 222 valence electrons. The molecule has 0 aliphatic rings. The number of alkyl carbamates (subject to hydrolysis) is 1. The van der Waals surface area contributed by atoms with Crippen LogP contribution in [0, 0.1) is 5.92 Å². The molecule has 0 spiro atoms. The minimum absolute atomic E-state index is 0.0653. The summed E-state index contributed by atoms with van der Waals surface area (Å²) in [5.74, 6) is -1.11. The van der Waals surface area contributed by atoms with E-state index in [0.29, 0.717) is 4.99 Å². The Hall–Kier alpha value is -4.24. The van der Waals surface area contributed by atoms with Gasteiger partial charge in [0, 0.05) is 19.2 Å². The molecule has 3 amide bonds. The number of benzene rings is 3. The number of ether oxygens (including phenoxy) is 1. The van der Waals surface area contributed by atoms with Crippen LogP contribution in [-0.2, 0) is 27.4 Å². The van der Waals surface area contributed by atoms with E-state index in [1.807, 2.05) is 131 Å². The molecule has 8 nitrogen and oxygen atoms in total. The summed E-state index contributed by atoms with van der Waals surface area (Å²) in [5.41, 5.74) is 1.68. The van der Waals surface area contributed by atoms with Gasteiger partial charge in [0.15, 0.2) is 0 Å². The molecular formula is C33H40N4O4S. The van der Waals surface area contributed by atoms with Crippen molar-refractivity contribution < 1.29 is 19.1 Å². The second-order valence-electron chi connectivity index (χ2n) is 11.0. The molecule has 0 bridgehead atoms. The second kappa shape index (κ2) is 15.1. The molecule has 9 heteroatoms. The molecule has 3 rings (SSSR count). The van der Waals surface area contributed by atoms with Gasteiger partial charge in [-0.1, -0.05) is 105 Å². The summed E-state index contributed by atoms with van der Waals surface area (Å²) in [6.45, 7) is 7.41. The molecule has 0 saturated heterocycles. The van der Waals surface area contributed by atoms with Crippen LogP contribution in [-0.4, -0.2) is 47.6 Å². The van der Waals surface area contributed by atoms with Crippen molar-refractivity contribution in [2.24, 2.45) is 5.92 Å². The standard InChI is InChI=1S/C33H40N4O4S/c1-23(2)28(30(39)36-33(3,4)31(42)37(5)26-19-13-8-14-20-26)35-29(38)27(21-24-15-9-6-10-16-24)34-32(40)41-22-25-17-11-7-12-18-25/h6-20,23,27-28H,21-22H2,1-5H3,(H,34,40)(H,35,38)(H,36,39)/t27-,28-/m0/s1. The topological polar surface area (TPSA) is 99.8 Å². The fourth-order valence-electron chi connectivity index (χ4n) is 4.38. The normalized spacial score (nSPS) is 12.5. The molecule has 0 aliphatic carbocycles. The molecule has 3 N–H and O–H groups in total. The molecule has 3 aromatic rings. The molecule has 42 heavy (non-hydrogen) atoms. The van der Waals surface area contributed by atoms with Crippen LogP contribution in [0.25, 0.3) is 0 Å². The highest BCUT2D eigenvalue weighted by atomic mass is 32.1. The average Bonchev–Trinajstić information content (AvgIpc) is 2.98. The largest absolute Gasteiger partial charge is 0.445 e. The maximum Gasteiger partial charge on any atom is 0.408 e. The van der Waals surface area contributed by atoms with Crippen LogP contribution < -0.4 is 20.9 Å². The Morgan fingerprint density at radius 2 is 1.33 bits per heavy atom. The van der Waals surface area contributed by atoms with E-state index < -0.39 is 29.6 Å². The fraction of sp³-hybridized carbons (Fsp3) is 0.333. The monoisotopic (exact) mass is 588 g/mol. The molecule has 3 aromatic carbocycles. The molecule has 0 heterocycles. The van der Waals surface area contributed by atoms with E-state index in [0.717, 1.165) is 16.8 Å². The van der Waals surface area contributed by atoms with Gasteiger partial charge in [-0.3, -0.25) is 9.59 Å². The smallest absolute Gasteiger partial charge is 0.408 e. The van der Waals surface area contributed by atoms with Crippen LogP contribution in [0.15, 0.2) is 91.0 Å². The highest BCUT2D eigenvalue weighted by Gasteiger charge is 2.35. The van der Waals surface area contributed by atoms with Gasteiger partial charge in [-0.15, -0.1) is 0 Å². The zero-order valence-electron chi connectivity index (χ0n) is 24.8. The number of nitrogens with zero attached hydrogens (tertiary/aromatic N) is 1. The van der Waals surface area contributed by atoms with Crippen LogP contribution in [0.1, 0.15) is 38.8 Å². The summed E-state index contributed by atoms with van der Waals surface area (Å²) >= 11 is 5.74. The third kappa shape index (κ3) is 9.41. The Bertz CT molecular complexity index is 1330. The number of carbonyl (C=O) groups is 3. The Morgan fingerprint density at radius 1 is 0.810 bits per heavy atom. The van der Waals surface area contributed by atoms with Gasteiger partial charge in [0.05, 0.1) is 5.54 Å². The van der Waals surface area contributed by atoms with Crippen molar-refractivity contribution in [3.63, 3.8) is 0 Å². The summed E-state index contributed by atoms with van der Waals surface area (Å²) < 4.78 is 5.37. The van der Waals surface area contributed by atoms with E-state index >= 15 is 0 Å². The zero-order chi connectivity index (χ0) is 30.7. The number of nitrogens with one attached hydrogen (secondary N) is 3. The third-order valence-corrected chi connectivity index (χ3v) is 7.55. The fourth-order valence-corrected chi connectivity index (χ4v) is 4.54. The van der Waals surface area contributed by atoms with Crippen LogP contribution in [0.5, 0.6) is 0 Å². The van der Waals surface area contributed by atoms with Crippen molar-refractivity contribution >= 4 is 40.8 Å². The minimum atomic E-state index is -0.969. The molecule has 0 radical (unpaired) electrons. The maximum absolute atomic E-state index is 13.6. The van der Waals surface area contributed by atoms with E-state index in [1.54, 1.807) is 0 Å². The number of hydrogen-bond acceptors (Lipinski definition) is 5. The summed E-state index contributed by atoms with van der Waals surface area (Å²) in [7, 11) is 1.85. The quantitative estimate of drug-likeness (QED) is 0.257. The van der Waals surface area contributed by atoms with Gasteiger partial charge in [0.2, 0.25) is 11.8 Å². The molecule has 0 aromatic heterocycles. The highest BCUT2D eigenvalue weighted by Crippen LogP contribution is 2.19. The van der Waals surface area contributed by atoms with E-state index in [2.05, 4.69) is 16.0 Å². The van der Waals surface area contributed by atoms with Crippen LogP contribution in [0.3, 0.4) is 0 Å². The number of hydrogen-bond donors (Lipinski definition) is 3. The first-order valence-corrected chi connectivity index (χ1v) is 14.4. The van der Waals surface area contributed by atoms with E-state index in [1.165, 1.54) is 0 Å². The van der Waals surface area contributed by atoms with Crippen LogP contribution in [0.4, 0.5) is 10.5 Å². The van der Waals surface area contributed by atoms with Crippen molar-refractivity contribution in [2.45, 2.75) is 58.3 Å². The SMILES string of the molecule is CC(C)[C@H](NC(=O)[C@H](Cc1ccccc1)NC(=O)OCc1ccccc1)C(=O)NC(C)(C)C(=S)N(C)c1ccccc1. The van der Waals surface area contributed by atoms with Crippen molar-refractivity contribution in [1.82, 2.24) is 16.0 Å². The Balaban J connectivity index is 1.71. The Labute approximate surface area is 253 Å². The molecule has 2 atom stereocenters. The molecule has 0 saturated carbocycles. The first-order valence-electron chi connectivity index (χ1n) is 13.9. The molecular weight excluding hydrogens is 548 g/mol. The lowest BCUT2D eigenvalue weighted by molar-refractivity contribution is -0.131. The van der Waals surface area contributed by atoms with Crippen molar-refractivity contribution in [3.8, 4) is 0 Å². The lowest BCUT2D eigenvalue weighted by Crippen LogP contribution is -2.61. The highest BCUT2D eigenvalue weighted by molar-refractivity contribution is 7.80. The predicted molar refractivity (Wildman–Crippen MR) is 170 cm³/mol. The van der Waals surface area contributed by atoms with Gasteiger partial charge in [0.1, 0.15) is 23.7 Å². The summed E-state index contributed by atoms with van der Waals surface area (Å²) in [5, 5.41) is 8.56. The van der Waals surface area contributed by atoms with Crippen molar-refractivity contribution in [2.75, 3.05) is 11.9 Å². The van der Waals surface area contributed by atoms with Gasteiger partial charge >= 0.3 is 6.09 Å². The molecule has 0 fully saturated rings. The van der Waals surface area contributed by atoms with Crippen LogP contribution in [0.2, 0.25) is 0 Å². The summed E-state index contributed by atoms with van der Waals surface area (Å²) in [4.78, 5) is 42.2. The number of amides is 3. The third-order valence-electron chi connectivity index (χ3n) is 6.77. The van der Waals surface area contributed by atoms with Gasteiger partial charge in [-0.25, -0.2) is 4.79 Å². The first-order chi connectivity index (χ1) is 20.0. The zero-order valence-corrected chi connectivity index (χ0v) is 25.6. The lowest BCUT2D eigenvalue weighted by atomic mass is 9.98. The number of thiocarbonyl (C=S) groups is 1. The van der Waals surface area contributed by atoms with Crippen molar-refractivity contribution in [3.05, 3.63) is 102 Å². The molecule has 0 unspecified atom stereocenters. The van der Waals surface area contributed by atoms with Gasteiger partial charge in [0.25, 0.3) is 0 Å².